The van der Waals surface area contributed by atoms with Crippen LogP contribution in [-0.4, -0.2) is 35.7 Å². The molecule has 0 spiro atoms. The molecule has 0 aliphatic heterocycles. The quantitative estimate of drug-likeness (QED) is 0.578. The van der Waals surface area contributed by atoms with Gasteiger partial charge in [0.15, 0.2) is 5.82 Å². The molecule has 0 aromatic carbocycles. The monoisotopic (exact) mass is 334 g/mol. The highest BCUT2D eigenvalue weighted by Gasteiger charge is 2.35. The predicted octanol–water partition coefficient (Wildman–Crippen LogP) is 3.83. The SMILES string of the molecule is CCC1=CC(C)(c2noc([C@@H](N)CCCCN(C)C)n2)CC(C)C1. The van der Waals surface area contributed by atoms with Gasteiger partial charge in [0.25, 0.3) is 0 Å². The van der Waals surface area contributed by atoms with E-state index in [2.05, 4.69) is 56.0 Å². The summed E-state index contributed by atoms with van der Waals surface area (Å²) in [5.74, 6) is 2.02. The molecule has 5 heteroatoms. The van der Waals surface area contributed by atoms with E-state index in [0.29, 0.717) is 11.8 Å². The zero-order valence-electron chi connectivity index (χ0n) is 16.0. The molecule has 1 aliphatic carbocycles. The summed E-state index contributed by atoms with van der Waals surface area (Å²) in [4.78, 5) is 6.86. The van der Waals surface area contributed by atoms with Crippen molar-refractivity contribution in [3.8, 4) is 0 Å². The molecule has 3 atom stereocenters. The maximum Gasteiger partial charge on any atom is 0.243 e. The third kappa shape index (κ3) is 4.90. The Morgan fingerprint density at radius 3 is 2.83 bits per heavy atom. The number of nitrogens with two attached hydrogens (primary N) is 1. The third-order valence-corrected chi connectivity index (χ3v) is 5.00. The number of rotatable bonds is 8. The average Bonchev–Trinajstić information content (AvgIpc) is 3.01. The number of nitrogens with zero attached hydrogens (tertiary/aromatic N) is 3. The zero-order chi connectivity index (χ0) is 17.7. The summed E-state index contributed by atoms with van der Waals surface area (Å²) in [6.07, 6.45) is 8.79. The van der Waals surface area contributed by atoms with E-state index in [-0.39, 0.29) is 11.5 Å². The highest BCUT2D eigenvalue weighted by Crippen LogP contribution is 2.39. The van der Waals surface area contributed by atoms with Crippen LogP contribution in [0.5, 0.6) is 0 Å². The summed E-state index contributed by atoms with van der Waals surface area (Å²) >= 11 is 0. The number of unbranched alkanes of at least 4 members (excludes halogenated alkanes) is 1. The molecular formula is C19H34N4O. The topological polar surface area (TPSA) is 68.2 Å². The fourth-order valence-electron chi connectivity index (χ4n) is 3.75. The standard InChI is InChI=1S/C19H34N4O/c1-6-15-11-14(2)12-19(3,13-15)18-21-17(24-22-18)16(20)9-7-8-10-23(4)5/h13-14,16H,6-12,20H2,1-5H3/t14?,16-,19?/m0/s1. The second kappa shape index (κ2) is 8.26. The Bertz CT molecular complexity index is 551. The van der Waals surface area contributed by atoms with Crippen LogP contribution in [0.15, 0.2) is 16.2 Å². The zero-order valence-corrected chi connectivity index (χ0v) is 16.0. The van der Waals surface area contributed by atoms with Crippen LogP contribution in [0.3, 0.4) is 0 Å². The first-order chi connectivity index (χ1) is 11.3. The Morgan fingerprint density at radius 2 is 2.17 bits per heavy atom. The highest BCUT2D eigenvalue weighted by atomic mass is 16.5. The van der Waals surface area contributed by atoms with Crippen LogP contribution in [0.25, 0.3) is 0 Å². The lowest BCUT2D eigenvalue weighted by atomic mass is 9.72. The minimum absolute atomic E-state index is 0.130. The van der Waals surface area contributed by atoms with Gasteiger partial charge >= 0.3 is 0 Å². The lowest BCUT2D eigenvalue weighted by Crippen LogP contribution is -2.28. The van der Waals surface area contributed by atoms with Gasteiger partial charge in [0, 0.05) is 5.41 Å². The largest absolute Gasteiger partial charge is 0.338 e. The second-order valence-electron chi connectivity index (χ2n) is 7.95. The first-order valence-electron chi connectivity index (χ1n) is 9.29. The van der Waals surface area contributed by atoms with E-state index >= 15 is 0 Å². The minimum Gasteiger partial charge on any atom is -0.338 e. The number of aromatic nitrogens is 2. The van der Waals surface area contributed by atoms with Crippen LogP contribution in [0.4, 0.5) is 0 Å². The van der Waals surface area contributed by atoms with Crippen molar-refractivity contribution in [2.24, 2.45) is 11.7 Å². The summed E-state index contributed by atoms with van der Waals surface area (Å²) in [7, 11) is 4.18. The minimum atomic E-state index is -0.160. The van der Waals surface area contributed by atoms with Gasteiger partial charge in [0.2, 0.25) is 5.89 Å². The summed E-state index contributed by atoms with van der Waals surface area (Å²) in [5.41, 5.74) is 7.62. The Balaban J connectivity index is 2.01. The van der Waals surface area contributed by atoms with E-state index in [1.807, 2.05) is 0 Å². The van der Waals surface area contributed by atoms with Crippen LogP contribution < -0.4 is 5.73 Å². The van der Waals surface area contributed by atoms with Gasteiger partial charge < -0.3 is 15.2 Å². The lowest BCUT2D eigenvalue weighted by Gasteiger charge is -2.32. The molecule has 0 bridgehead atoms. The van der Waals surface area contributed by atoms with Crippen molar-refractivity contribution in [2.75, 3.05) is 20.6 Å². The van der Waals surface area contributed by atoms with Crippen LogP contribution in [-0.2, 0) is 5.41 Å². The normalized spacial score (nSPS) is 25.8. The summed E-state index contributed by atoms with van der Waals surface area (Å²) in [5, 5.41) is 4.27. The van der Waals surface area contributed by atoms with Crippen LogP contribution in [0.1, 0.15) is 77.1 Å². The molecule has 0 radical (unpaired) electrons. The molecule has 0 amide bonds. The van der Waals surface area contributed by atoms with Crippen molar-refractivity contribution >= 4 is 0 Å². The van der Waals surface area contributed by atoms with Gasteiger partial charge in [-0.05, 0) is 65.6 Å². The summed E-state index contributed by atoms with van der Waals surface area (Å²) in [6, 6.07) is -0.160. The Hall–Kier alpha value is -1.20. The molecule has 24 heavy (non-hydrogen) atoms. The molecule has 1 heterocycles. The molecule has 1 aromatic rings. The molecule has 0 saturated carbocycles. The Morgan fingerprint density at radius 1 is 1.42 bits per heavy atom. The van der Waals surface area contributed by atoms with E-state index in [1.54, 1.807) is 0 Å². The van der Waals surface area contributed by atoms with Crippen LogP contribution in [0.2, 0.25) is 0 Å². The van der Waals surface area contributed by atoms with E-state index < -0.39 is 0 Å². The molecule has 1 aromatic heterocycles. The fourth-order valence-corrected chi connectivity index (χ4v) is 3.75. The molecular weight excluding hydrogens is 300 g/mol. The van der Waals surface area contributed by atoms with Crippen molar-refractivity contribution in [3.05, 3.63) is 23.4 Å². The summed E-state index contributed by atoms with van der Waals surface area (Å²) < 4.78 is 5.50. The fraction of sp³-hybridized carbons (Fsp3) is 0.789. The van der Waals surface area contributed by atoms with Crippen LogP contribution in [0, 0.1) is 5.92 Å². The molecule has 2 rings (SSSR count). The van der Waals surface area contributed by atoms with Gasteiger partial charge in [-0.15, -0.1) is 0 Å². The smallest absolute Gasteiger partial charge is 0.243 e. The first kappa shape index (κ1) is 19.1. The van der Waals surface area contributed by atoms with E-state index in [1.165, 1.54) is 12.0 Å². The maximum atomic E-state index is 6.25. The van der Waals surface area contributed by atoms with Crippen molar-refractivity contribution in [3.63, 3.8) is 0 Å². The Labute approximate surface area is 146 Å². The van der Waals surface area contributed by atoms with Gasteiger partial charge in [-0.25, -0.2) is 0 Å². The number of hydrogen-bond acceptors (Lipinski definition) is 5. The van der Waals surface area contributed by atoms with Gasteiger partial charge in [0.05, 0.1) is 6.04 Å². The van der Waals surface area contributed by atoms with Gasteiger partial charge in [-0.1, -0.05) is 37.1 Å². The number of allylic oxidation sites excluding steroid dienone is 2. The Kier molecular flexibility index (Phi) is 6.58. The molecule has 2 unspecified atom stereocenters. The first-order valence-corrected chi connectivity index (χ1v) is 9.29. The van der Waals surface area contributed by atoms with Gasteiger partial charge in [-0.2, -0.15) is 4.98 Å². The molecule has 1 aliphatic rings. The molecule has 0 fully saturated rings. The van der Waals surface area contributed by atoms with Gasteiger partial charge in [-0.3, -0.25) is 0 Å². The number of hydrogen-bond donors (Lipinski definition) is 1. The third-order valence-electron chi connectivity index (χ3n) is 5.00. The van der Waals surface area contributed by atoms with Crippen LogP contribution >= 0.6 is 0 Å². The summed E-state index contributed by atoms with van der Waals surface area (Å²) in [6.45, 7) is 7.83. The average molecular weight is 335 g/mol. The second-order valence-corrected chi connectivity index (χ2v) is 7.95. The van der Waals surface area contributed by atoms with Crippen molar-refractivity contribution in [1.82, 2.24) is 15.0 Å². The van der Waals surface area contributed by atoms with Crippen molar-refractivity contribution in [2.45, 2.75) is 70.8 Å². The van der Waals surface area contributed by atoms with E-state index in [4.69, 9.17) is 10.3 Å². The lowest BCUT2D eigenvalue weighted by molar-refractivity contribution is 0.320. The van der Waals surface area contributed by atoms with Gasteiger partial charge in [0.1, 0.15) is 0 Å². The van der Waals surface area contributed by atoms with Crippen molar-refractivity contribution in [1.29, 1.82) is 0 Å². The maximum absolute atomic E-state index is 6.25. The molecule has 136 valence electrons. The molecule has 2 N–H and O–H groups in total. The molecule has 0 saturated heterocycles. The highest BCUT2D eigenvalue weighted by molar-refractivity contribution is 5.24. The predicted molar refractivity (Wildman–Crippen MR) is 97.8 cm³/mol. The van der Waals surface area contributed by atoms with E-state index in [0.717, 1.165) is 44.5 Å². The van der Waals surface area contributed by atoms with E-state index in [9.17, 15) is 0 Å². The molecule has 5 nitrogen and oxygen atoms in total. The van der Waals surface area contributed by atoms with Crippen molar-refractivity contribution < 1.29 is 4.52 Å².